The molecule has 0 radical (unpaired) electrons. The van der Waals surface area contributed by atoms with Gasteiger partial charge in [-0.25, -0.2) is 0 Å². The smallest absolute Gasteiger partial charge is 0.249 e. The van der Waals surface area contributed by atoms with E-state index in [0.717, 1.165) is 12.8 Å². The Balaban J connectivity index is 1.12. The van der Waals surface area contributed by atoms with Crippen molar-refractivity contribution in [3.63, 3.8) is 0 Å². The van der Waals surface area contributed by atoms with E-state index >= 15 is 0 Å². The lowest BCUT2D eigenvalue weighted by Crippen LogP contribution is -2.45. The highest BCUT2D eigenvalue weighted by atomic mass is 16.5. The van der Waals surface area contributed by atoms with Crippen molar-refractivity contribution < 1.29 is 33.1 Å². The second-order valence-corrected chi connectivity index (χ2v) is 10.5. The van der Waals surface area contributed by atoms with Crippen LogP contribution in [0.15, 0.2) is 52.9 Å². The number of hydrogen-bond acceptors (Lipinski definition) is 9. The first kappa shape index (κ1) is 29.9. The van der Waals surface area contributed by atoms with Gasteiger partial charge in [-0.2, -0.15) is 0 Å². The van der Waals surface area contributed by atoms with Crippen molar-refractivity contribution in [1.82, 2.24) is 20.8 Å². The molecule has 4 N–H and O–H groups in total. The highest BCUT2D eigenvalue weighted by Gasteiger charge is 2.27. The minimum Gasteiger partial charge on any atom is -0.416 e. The second kappa shape index (κ2) is 13.6. The molecule has 4 amide bonds. The van der Waals surface area contributed by atoms with Crippen molar-refractivity contribution >= 4 is 35.0 Å². The molecular formula is C30H34N6O7. The quantitative estimate of drug-likeness (QED) is 0.277. The number of benzene rings is 2. The third kappa shape index (κ3) is 7.62. The maximum Gasteiger partial charge on any atom is 0.249 e. The first-order valence-electron chi connectivity index (χ1n) is 14.3. The van der Waals surface area contributed by atoms with E-state index in [-0.39, 0.29) is 23.6 Å². The molecular weight excluding hydrogens is 556 g/mol. The summed E-state index contributed by atoms with van der Waals surface area (Å²) in [6.45, 7) is 4.34. The van der Waals surface area contributed by atoms with E-state index in [0.29, 0.717) is 60.3 Å². The van der Waals surface area contributed by atoms with E-state index in [2.05, 4.69) is 31.5 Å². The van der Waals surface area contributed by atoms with Gasteiger partial charge in [0.05, 0.1) is 0 Å². The van der Waals surface area contributed by atoms with Crippen LogP contribution < -0.4 is 21.3 Å². The summed E-state index contributed by atoms with van der Waals surface area (Å²) in [5.41, 5.74) is 2.40. The summed E-state index contributed by atoms with van der Waals surface area (Å²) in [5.74, 6) is -0.690. The number of hydrogen-bond donors (Lipinski definition) is 4. The lowest BCUT2D eigenvalue weighted by molar-refractivity contribution is -0.133. The standard InChI is InChI=1S/C30H34N6O7/c1-17(31-27(39)23-5-3-15-41-23)25(37)33-21-11-7-19(8-12-21)29-35-36-30(43-29)20-9-13-22(14-10-20)34-26(38)18(2)32-28(40)24-6-4-16-42-24/h7-14,17-18,23-24H,3-6,15-16H2,1-2H3,(H,31,39)(H,32,40)(H,33,37)(H,34,38)/t17-,18-,23-,24-/m0/s1. The Morgan fingerprint density at radius 1 is 0.674 bits per heavy atom. The molecule has 5 rings (SSSR count). The predicted octanol–water partition coefficient (Wildman–Crippen LogP) is 2.65. The van der Waals surface area contributed by atoms with Crippen LogP contribution in [-0.4, -0.2) is 71.3 Å². The molecule has 0 bridgehead atoms. The second-order valence-electron chi connectivity index (χ2n) is 10.5. The van der Waals surface area contributed by atoms with Crippen molar-refractivity contribution in [2.45, 2.75) is 63.8 Å². The van der Waals surface area contributed by atoms with Gasteiger partial charge in [-0.3, -0.25) is 19.2 Å². The van der Waals surface area contributed by atoms with Crippen LogP contribution in [0.3, 0.4) is 0 Å². The minimum absolute atomic E-state index is 0.285. The Morgan fingerprint density at radius 2 is 1.07 bits per heavy atom. The van der Waals surface area contributed by atoms with E-state index in [4.69, 9.17) is 13.9 Å². The molecule has 0 unspecified atom stereocenters. The maximum atomic E-state index is 12.5. The number of amides is 4. The van der Waals surface area contributed by atoms with Crippen LogP contribution >= 0.6 is 0 Å². The Kier molecular flexibility index (Phi) is 9.42. The molecule has 0 saturated carbocycles. The van der Waals surface area contributed by atoms with Gasteiger partial charge in [0.2, 0.25) is 35.4 Å². The highest BCUT2D eigenvalue weighted by molar-refractivity contribution is 5.98. The summed E-state index contributed by atoms with van der Waals surface area (Å²) in [5, 5.41) is 19.2. The van der Waals surface area contributed by atoms with E-state index < -0.39 is 24.3 Å². The number of nitrogens with zero attached hydrogens (tertiary/aromatic N) is 2. The van der Waals surface area contributed by atoms with Crippen LogP contribution in [-0.2, 0) is 28.7 Å². The monoisotopic (exact) mass is 590 g/mol. The lowest BCUT2D eigenvalue weighted by Gasteiger charge is -2.16. The molecule has 43 heavy (non-hydrogen) atoms. The fraction of sp³-hybridized carbons (Fsp3) is 0.400. The number of anilines is 2. The predicted molar refractivity (Wildman–Crippen MR) is 156 cm³/mol. The average Bonchev–Trinajstić information content (AvgIpc) is 3.81. The number of ether oxygens (including phenoxy) is 2. The number of carbonyl (C=O) groups excluding carboxylic acids is 4. The fourth-order valence-electron chi connectivity index (χ4n) is 4.66. The first-order chi connectivity index (χ1) is 20.8. The Morgan fingerprint density at radius 3 is 1.42 bits per heavy atom. The van der Waals surface area contributed by atoms with E-state index in [1.54, 1.807) is 62.4 Å². The topological polar surface area (TPSA) is 174 Å². The van der Waals surface area contributed by atoms with Gasteiger partial charge >= 0.3 is 0 Å². The third-order valence-electron chi connectivity index (χ3n) is 7.17. The summed E-state index contributed by atoms with van der Waals surface area (Å²) < 4.78 is 16.6. The van der Waals surface area contributed by atoms with E-state index in [1.807, 2.05) is 0 Å². The Labute approximate surface area is 248 Å². The van der Waals surface area contributed by atoms with Gasteiger partial charge in [-0.1, -0.05) is 0 Å². The molecule has 4 atom stereocenters. The van der Waals surface area contributed by atoms with Gasteiger partial charge in [0, 0.05) is 35.7 Å². The average molecular weight is 591 g/mol. The van der Waals surface area contributed by atoms with Crippen molar-refractivity contribution in [1.29, 1.82) is 0 Å². The largest absolute Gasteiger partial charge is 0.416 e. The van der Waals surface area contributed by atoms with Crippen LogP contribution in [0.5, 0.6) is 0 Å². The number of rotatable bonds is 10. The molecule has 3 heterocycles. The summed E-state index contributed by atoms with van der Waals surface area (Å²) in [6.07, 6.45) is 1.97. The summed E-state index contributed by atoms with van der Waals surface area (Å²) in [6, 6.07) is 12.3. The van der Waals surface area contributed by atoms with Crippen molar-refractivity contribution in [2.24, 2.45) is 0 Å². The number of aromatic nitrogens is 2. The molecule has 2 aromatic carbocycles. The molecule has 226 valence electrons. The SMILES string of the molecule is C[C@H](NC(=O)[C@@H]1CCCO1)C(=O)Nc1ccc(-c2nnc(-c3ccc(NC(=O)[C@H](C)NC(=O)[C@@H]4CCCO4)cc3)o2)cc1. The molecule has 13 heteroatoms. The lowest BCUT2D eigenvalue weighted by atomic mass is 10.2. The maximum absolute atomic E-state index is 12.5. The van der Waals surface area contributed by atoms with Crippen molar-refractivity contribution in [2.75, 3.05) is 23.8 Å². The van der Waals surface area contributed by atoms with Crippen LogP contribution in [0.25, 0.3) is 22.9 Å². The zero-order valence-corrected chi connectivity index (χ0v) is 23.9. The van der Waals surface area contributed by atoms with E-state index in [9.17, 15) is 19.2 Å². The van der Waals surface area contributed by atoms with E-state index in [1.165, 1.54) is 0 Å². The zero-order chi connectivity index (χ0) is 30.3. The summed E-state index contributed by atoms with van der Waals surface area (Å²) in [4.78, 5) is 49.5. The minimum atomic E-state index is -0.726. The van der Waals surface area contributed by atoms with Gasteiger partial charge in [0.15, 0.2) is 0 Å². The number of carbonyl (C=O) groups is 4. The van der Waals surface area contributed by atoms with Crippen LogP contribution in [0.4, 0.5) is 11.4 Å². The van der Waals surface area contributed by atoms with Gasteiger partial charge in [-0.05, 0) is 88.1 Å². The van der Waals surface area contributed by atoms with Crippen LogP contribution in [0.1, 0.15) is 39.5 Å². The van der Waals surface area contributed by atoms with Gasteiger partial charge in [0.25, 0.3) is 0 Å². The van der Waals surface area contributed by atoms with Gasteiger partial charge in [-0.15, -0.1) is 10.2 Å². The van der Waals surface area contributed by atoms with Crippen molar-refractivity contribution in [3.8, 4) is 22.9 Å². The van der Waals surface area contributed by atoms with Gasteiger partial charge < -0.3 is 35.2 Å². The molecule has 2 aliphatic heterocycles. The summed E-state index contributed by atoms with van der Waals surface area (Å²) >= 11 is 0. The molecule has 13 nitrogen and oxygen atoms in total. The van der Waals surface area contributed by atoms with Crippen LogP contribution in [0.2, 0.25) is 0 Å². The highest BCUT2D eigenvalue weighted by Crippen LogP contribution is 2.26. The Hall–Kier alpha value is -4.62. The number of nitrogens with one attached hydrogen (secondary N) is 4. The Bertz CT molecular complexity index is 1340. The molecule has 3 aromatic rings. The zero-order valence-electron chi connectivity index (χ0n) is 23.9. The molecule has 2 aliphatic rings. The van der Waals surface area contributed by atoms with Crippen LogP contribution in [0, 0.1) is 0 Å². The molecule has 2 saturated heterocycles. The third-order valence-corrected chi connectivity index (χ3v) is 7.17. The molecule has 0 aliphatic carbocycles. The van der Waals surface area contributed by atoms with Gasteiger partial charge in [0.1, 0.15) is 24.3 Å². The molecule has 2 fully saturated rings. The molecule has 1 aromatic heterocycles. The fourth-order valence-corrected chi connectivity index (χ4v) is 4.66. The summed E-state index contributed by atoms with van der Waals surface area (Å²) in [7, 11) is 0. The molecule has 0 spiro atoms. The first-order valence-corrected chi connectivity index (χ1v) is 14.3. The van der Waals surface area contributed by atoms with Crippen molar-refractivity contribution in [3.05, 3.63) is 48.5 Å². The normalized spacial score (nSPS) is 19.3.